The molecule has 0 aliphatic rings. The lowest BCUT2D eigenvalue weighted by Crippen LogP contribution is -2.06. The summed E-state index contributed by atoms with van der Waals surface area (Å²) >= 11 is 6.03. The van der Waals surface area contributed by atoms with Crippen molar-refractivity contribution < 1.29 is 9.47 Å². The van der Waals surface area contributed by atoms with Crippen molar-refractivity contribution in [3.05, 3.63) is 59.2 Å². The van der Waals surface area contributed by atoms with Gasteiger partial charge >= 0.3 is 0 Å². The summed E-state index contributed by atoms with van der Waals surface area (Å²) in [5.74, 6) is 1.60. The number of nitrogens with zero attached hydrogens (tertiary/aromatic N) is 1. The lowest BCUT2D eigenvalue weighted by molar-refractivity contribution is 0.393. The summed E-state index contributed by atoms with van der Waals surface area (Å²) < 4.78 is 10.6. The zero-order chi connectivity index (χ0) is 16.9. The summed E-state index contributed by atoms with van der Waals surface area (Å²) in [4.78, 5) is 4.36. The topological polar surface area (TPSA) is 43.4 Å². The quantitative estimate of drug-likeness (QED) is 0.713. The second-order valence-corrected chi connectivity index (χ2v) is 5.85. The molecule has 0 saturated heterocycles. The summed E-state index contributed by atoms with van der Waals surface area (Å²) in [5.41, 5.74) is 3.09. The van der Waals surface area contributed by atoms with Crippen molar-refractivity contribution in [2.24, 2.45) is 0 Å². The SMILES string of the molecule is COc1cc(CCNc2ccnc3cc(Cl)ccc23)cc(OC)c1. The van der Waals surface area contributed by atoms with E-state index in [1.54, 1.807) is 20.4 Å². The fourth-order valence-corrected chi connectivity index (χ4v) is 2.79. The highest BCUT2D eigenvalue weighted by molar-refractivity contribution is 6.31. The smallest absolute Gasteiger partial charge is 0.122 e. The molecule has 0 atom stereocenters. The molecule has 5 heteroatoms. The first kappa shape index (κ1) is 16.4. The van der Waals surface area contributed by atoms with Gasteiger partial charge in [0, 0.05) is 34.9 Å². The highest BCUT2D eigenvalue weighted by Crippen LogP contribution is 2.25. The van der Waals surface area contributed by atoms with Gasteiger partial charge in [-0.25, -0.2) is 0 Å². The number of ether oxygens (including phenoxy) is 2. The predicted molar refractivity (Wildman–Crippen MR) is 98.5 cm³/mol. The lowest BCUT2D eigenvalue weighted by Gasteiger charge is -2.11. The molecule has 2 aromatic carbocycles. The van der Waals surface area contributed by atoms with Crippen LogP contribution < -0.4 is 14.8 Å². The molecule has 1 heterocycles. The third-order valence-electron chi connectivity index (χ3n) is 3.85. The van der Waals surface area contributed by atoms with Gasteiger partial charge in [-0.2, -0.15) is 0 Å². The van der Waals surface area contributed by atoms with Crippen LogP contribution in [0.2, 0.25) is 5.02 Å². The van der Waals surface area contributed by atoms with Gasteiger partial charge in [-0.1, -0.05) is 11.6 Å². The van der Waals surface area contributed by atoms with E-state index in [9.17, 15) is 0 Å². The Kier molecular flexibility index (Phi) is 5.06. The first-order chi connectivity index (χ1) is 11.7. The van der Waals surface area contributed by atoms with Crippen LogP contribution in [0.15, 0.2) is 48.7 Å². The molecule has 0 saturated carbocycles. The van der Waals surface area contributed by atoms with Crippen LogP contribution in [-0.2, 0) is 6.42 Å². The Hall–Kier alpha value is -2.46. The average molecular weight is 343 g/mol. The molecular weight excluding hydrogens is 324 g/mol. The number of benzene rings is 2. The Bertz CT molecular complexity index is 830. The number of hydrogen-bond acceptors (Lipinski definition) is 4. The van der Waals surface area contributed by atoms with Crippen molar-refractivity contribution in [3.63, 3.8) is 0 Å². The monoisotopic (exact) mass is 342 g/mol. The maximum Gasteiger partial charge on any atom is 0.122 e. The normalized spacial score (nSPS) is 10.6. The predicted octanol–water partition coefficient (Wildman–Crippen LogP) is 4.56. The van der Waals surface area contributed by atoms with Crippen LogP contribution in [0.25, 0.3) is 10.9 Å². The molecule has 0 radical (unpaired) electrons. The molecule has 0 spiro atoms. The maximum absolute atomic E-state index is 6.03. The molecular formula is C19H19ClN2O2. The molecule has 1 aromatic heterocycles. The van der Waals surface area contributed by atoms with E-state index in [1.807, 2.05) is 42.5 Å². The number of methoxy groups -OCH3 is 2. The van der Waals surface area contributed by atoms with Crippen LogP contribution in [0.3, 0.4) is 0 Å². The summed E-state index contributed by atoms with van der Waals surface area (Å²) in [6, 6.07) is 13.6. The highest BCUT2D eigenvalue weighted by atomic mass is 35.5. The van der Waals surface area contributed by atoms with Crippen molar-refractivity contribution in [2.75, 3.05) is 26.1 Å². The van der Waals surface area contributed by atoms with Crippen LogP contribution in [0.1, 0.15) is 5.56 Å². The zero-order valence-electron chi connectivity index (χ0n) is 13.7. The van der Waals surface area contributed by atoms with Gasteiger partial charge in [0.2, 0.25) is 0 Å². The molecule has 0 aliphatic carbocycles. The molecule has 0 aliphatic heterocycles. The number of aromatic nitrogens is 1. The van der Waals surface area contributed by atoms with E-state index < -0.39 is 0 Å². The van der Waals surface area contributed by atoms with Crippen molar-refractivity contribution in [1.82, 2.24) is 4.98 Å². The maximum atomic E-state index is 6.03. The minimum atomic E-state index is 0.690. The number of pyridine rings is 1. The van der Waals surface area contributed by atoms with Gasteiger partial charge in [-0.15, -0.1) is 0 Å². The second kappa shape index (κ2) is 7.41. The molecule has 0 fully saturated rings. The Morgan fingerprint density at radius 1 is 1.00 bits per heavy atom. The molecule has 3 aromatic rings. The molecule has 0 bridgehead atoms. The fraction of sp³-hybridized carbons (Fsp3) is 0.211. The van der Waals surface area contributed by atoms with E-state index in [-0.39, 0.29) is 0 Å². The summed E-state index contributed by atoms with van der Waals surface area (Å²) in [6.45, 7) is 0.790. The number of nitrogens with one attached hydrogen (secondary N) is 1. The van der Waals surface area contributed by atoms with Gasteiger partial charge in [0.05, 0.1) is 19.7 Å². The molecule has 0 amide bonds. The summed E-state index contributed by atoms with van der Waals surface area (Å²) in [6.07, 6.45) is 2.64. The van der Waals surface area contributed by atoms with Gasteiger partial charge in [-0.05, 0) is 48.4 Å². The van der Waals surface area contributed by atoms with Crippen LogP contribution in [0.4, 0.5) is 5.69 Å². The van der Waals surface area contributed by atoms with Crippen molar-refractivity contribution >= 4 is 28.2 Å². The molecule has 3 rings (SSSR count). The highest BCUT2D eigenvalue weighted by Gasteiger charge is 2.04. The fourth-order valence-electron chi connectivity index (χ4n) is 2.63. The summed E-state index contributed by atoms with van der Waals surface area (Å²) in [5, 5.41) is 5.22. The van der Waals surface area contributed by atoms with Crippen LogP contribution >= 0.6 is 11.6 Å². The van der Waals surface area contributed by atoms with Gasteiger partial charge < -0.3 is 14.8 Å². The Balaban J connectivity index is 1.73. The standard InChI is InChI=1S/C19H19ClN2O2/c1-23-15-9-13(10-16(12-15)24-2)5-7-21-18-6-8-22-19-11-14(20)3-4-17(18)19/h3-4,6,8-12H,5,7H2,1-2H3,(H,21,22). The van der Waals surface area contributed by atoms with Gasteiger partial charge in [0.25, 0.3) is 0 Å². The number of halogens is 1. The van der Waals surface area contributed by atoms with Gasteiger partial charge in [0.1, 0.15) is 11.5 Å². The minimum Gasteiger partial charge on any atom is -0.497 e. The van der Waals surface area contributed by atoms with E-state index in [0.717, 1.165) is 46.6 Å². The molecule has 124 valence electrons. The molecule has 1 N–H and O–H groups in total. The van der Waals surface area contributed by atoms with Crippen molar-refractivity contribution in [3.8, 4) is 11.5 Å². The Morgan fingerprint density at radius 2 is 1.75 bits per heavy atom. The van der Waals surface area contributed by atoms with Gasteiger partial charge in [0.15, 0.2) is 0 Å². The van der Waals surface area contributed by atoms with E-state index in [2.05, 4.69) is 10.3 Å². The largest absolute Gasteiger partial charge is 0.497 e. The van der Waals surface area contributed by atoms with Crippen LogP contribution in [-0.4, -0.2) is 25.7 Å². The number of fused-ring (bicyclic) bond motifs is 1. The van der Waals surface area contributed by atoms with E-state index >= 15 is 0 Å². The number of hydrogen-bond donors (Lipinski definition) is 1. The van der Waals surface area contributed by atoms with Crippen molar-refractivity contribution in [1.29, 1.82) is 0 Å². The van der Waals surface area contributed by atoms with Crippen molar-refractivity contribution in [2.45, 2.75) is 6.42 Å². The van der Waals surface area contributed by atoms with E-state index in [4.69, 9.17) is 21.1 Å². The zero-order valence-corrected chi connectivity index (χ0v) is 14.4. The summed E-state index contributed by atoms with van der Waals surface area (Å²) in [7, 11) is 3.32. The first-order valence-electron chi connectivity index (χ1n) is 7.69. The third-order valence-corrected chi connectivity index (χ3v) is 4.08. The molecule has 0 unspecified atom stereocenters. The van der Waals surface area contributed by atoms with Crippen LogP contribution in [0, 0.1) is 0 Å². The number of anilines is 1. The molecule has 4 nitrogen and oxygen atoms in total. The van der Waals surface area contributed by atoms with Crippen LogP contribution in [0.5, 0.6) is 11.5 Å². The third kappa shape index (κ3) is 3.71. The Morgan fingerprint density at radius 3 is 2.46 bits per heavy atom. The van der Waals surface area contributed by atoms with E-state index in [0.29, 0.717) is 5.02 Å². The molecule has 24 heavy (non-hydrogen) atoms. The first-order valence-corrected chi connectivity index (χ1v) is 8.07. The van der Waals surface area contributed by atoms with E-state index in [1.165, 1.54) is 0 Å². The number of rotatable bonds is 6. The second-order valence-electron chi connectivity index (χ2n) is 5.42. The minimum absolute atomic E-state index is 0.690. The average Bonchev–Trinajstić information content (AvgIpc) is 2.61. The Labute approximate surface area is 146 Å². The lowest BCUT2D eigenvalue weighted by atomic mass is 10.1. The van der Waals surface area contributed by atoms with Gasteiger partial charge in [-0.3, -0.25) is 4.98 Å².